The molecule has 2 aromatic rings. The number of rotatable bonds is 4. The summed E-state index contributed by atoms with van der Waals surface area (Å²) in [7, 11) is 0. The van der Waals surface area contributed by atoms with Crippen molar-refractivity contribution in [3.63, 3.8) is 0 Å². The third-order valence-corrected chi connectivity index (χ3v) is 3.86. The van der Waals surface area contributed by atoms with E-state index in [0.717, 1.165) is 24.2 Å². The Bertz CT molecular complexity index is 521. The fourth-order valence-corrected chi connectivity index (χ4v) is 2.42. The van der Waals surface area contributed by atoms with Crippen LogP contribution in [-0.2, 0) is 11.3 Å². The second kappa shape index (κ2) is 4.89. The molecule has 0 saturated heterocycles. The van der Waals surface area contributed by atoms with Crippen molar-refractivity contribution >= 4 is 33.6 Å². The number of benzene rings is 1. The number of ether oxygens (including phenoxy) is 1. The number of fused-ring (bicyclic) bond motifs is 1. The average molecular weight is 343 g/mol. The van der Waals surface area contributed by atoms with Gasteiger partial charge in [-0.25, -0.2) is 4.68 Å². The Morgan fingerprint density at radius 1 is 1.41 bits per heavy atom. The molecule has 90 valence electrons. The van der Waals surface area contributed by atoms with E-state index in [4.69, 9.17) is 4.74 Å². The summed E-state index contributed by atoms with van der Waals surface area (Å²) >= 11 is 2.31. The largest absolute Gasteiger partial charge is 0.376 e. The van der Waals surface area contributed by atoms with Gasteiger partial charge in [0.1, 0.15) is 5.52 Å². The van der Waals surface area contributed by atoms with E-state index in [1.165, 1.54) is 22.8 Å². The van der Waals surface area contributed by atoms with Crippen molar-refractivity contribution in [1.29, 1.82) is 0 Å². The Labute approximate surface area is 113 Å². The molecule has 1 fully saturated rings. The first-order valence-electron chi connectivity index (χ1n) is 5.93. The van der Waals surface area contributed by atoms with Gasteiger partial charge in [0.15, 0.2) is 0 Å². The van der Waals surface area contributed by atoms with E-state index in [-0.39, 0.29) is 0 Å². The summed E-state index contributed by atoms with van der Waals surface area (Å²) in [5.41, 5.74) is 2.04. The Morgan fingerprint density at radius 3 is 3.06 bits per heavy atom. The number of halogens is 1. The van der Waals surface area contributed by atoms with Crippen LogP contribution in [0.1, 0.15) is 19.3 Å². The minimum Gasteiger partial charge on any atom is -0.376 e. The lowest BCUT2D eigenvalue weighted by Gasteiger charge is -2.25. The molecular formula is C12H14IN3O. The molecule has 3 rings (SSSR count). The van der Waals surface area contributed by atoms with Gasteiger partial charge >= 0.3 is 0 Å². The molecule has 0 N–H and O–H groups in total. The highest BCUT2D eigenvalue weighted by atomic mass is 127. The zero-order chi connectivity index (χ0) is 11.7. The van der Waals surface area contributed by atoms with Gasteiger partial charge in [0.05, 0.1) is 24.8 Å². The smallest absolute Gasteiger partial charge is 0.113 e. The van der Waals surface area contributed by atoms with E-state index in [2.05, 4.69) is 39.0 Å². The van der Waals surface area contributed by atoms with Crippen LogP contribution in [0.15, 0.2) is 18.2 Å². The molecule has 0 amide bonds. The topological polar surface area (TPSA) is 39.9 Å². The molecule has 0 radical (unpaired) electrons. The van der Waals surface area contributed by atoms with Gasteiger partial charge in [-0.2, -0.15) is 0 Å². The maximum Gasteiger partial charge on any atom is 0.113 e. The van der Waals surface area contributed by atoms with E-state index >= 15 is 0 Å². The average Bonchev–Trinajstić information content (AvgIpc) is 2.64. The van der Waals surface area contributed by atoms with E-state index in [0.29, 0.717) is 6.10 Å². The Hall–Kier alpha value is -0.690. The van der Waals surface area contributed by atoms with Crippen LogP contribution in [0.5, 0.6) is 0 Å². The molecule has 0 bridgehead atoms. The third kappa shape index (κ3) is 2.44. The monoisotopic (exact) mass is 343 g/mol. The van der Waals surface area contributed by atoms with Gasteiger partial charge in [-0.05, 0) is 60.1 Å². The molecule has 0 aliphatic heterocycles. The van der Waals surface area contributed by atoms with E-state index in [9.17, 15) is 0 Å². The van der Waals surface area contributed by atoms with Crippen molar-refractivity contribution in [3.8, 4) is 0 Å². The second-order valence-electron chi connectivity index (χ2n) is 4.37. The summed E-state index contributed by atoms with van der Waals surface area (Å²) in [6.45, 7) is 1.52. The van der Waals surface area contributed by atoms with Gasteiger partial charge in [-0.1, -0.05) is 5.21 Å². The molecule has 0 unspecified atom stereocenters. The Kier molecular flexibility index (Phi) is 3.28. The molecule has 1 aliphatic carbocycles. The summed E-state index contributed by atoms with van der Waals surface area (Å²) in [5, 5.41) is 8.31. The van der Waals surface area contributed by atoms with Crippen molar-refractivity contribution in [2.75, 3.05) is 6.61 Å². The summed E-state index contributed by atoms with van der Waals surface area (Å²) in [6.07, 6.45) is 4.24. The van der Waals surface area contributed by atoms with E-state index in [1.807, 2.05) is 16.8 Å². The summed E-state index contributed by atoms with van der Waals surface area (Å²) in [6, 6.07) is 6.17. The fraction of sp³-hybridized carbons (Fsp3) is 0.500. The highest BCUT2D eigenvalue weighted by Crippen LogP contribution is 2.22. The zero-order valence-electron chi connectivity index (χ0n) is 9.47. The highest BCUT2D eigenvalue weighted by molar-refractivity contribution is 14.1. The summed E-state index contributed by atoms with van der Waals surface area (Å²) in [4.78, 5) is 0. The molecule has 1 heterocycles. The van der Waals surface area contributed by atoms with Gasteiger partial charge < -0.3 is 4.74 Å². The van der Waals surface area contributed by atoms with Gasteiger partial charge in [0.2, 0.25) is 0 Å². The van der Waals surface area contributed by atoms with Gasteiger partial charge in [-0.15, -0.1) is 5.10 Å². The molecule has 0 atom stereocenters. The standard InChI is InChI=1S/C12H14IN3O/c13-9-4-5-11-12(8-9)16(15-14-11)6-7-17-10-2-1-3-10/h4-5,8,10H,1-3,6-7H2. The number of aromatic nitrogens is 3. The van der Waals surface area contributed by atoms with Gasteiger partial charge in [-0.3, -0.25) is 0 Å². The van der Waals surface area contributed by atoms with Gasteiger partial charge in [0.25, 0.3) is 0 Å². The molecule has 1 aliphatic rings. The van der Waals surface area contributed by atoms with Gasteiger partial charge in [0, 0.05) is 3.57 Å². The van der Waals surface area contributed by atoms with Crippen LogP contribution in [0.4, 0.5) is 0 Å². The maximum absolute atomic E-state index is 5.74. The molecule has 1 saturated carbocycles. The predicted octanol–water partition coefficient (Wildman–Crippen LogP) is 2.61. The number of hydrogen-bond acceptors (Lipinski definition) is 3. The molecule has 5 heteroatoms. The van der Waals surface area contributed by atoms with Crippen LogP contribution in [0.3, 0.4) is 0 Å². The minimum absolute atomic E-state index is 0.491. The minimum atomic E-state index is 0.491. The molecule has 17 heavy (non-hydrogen) atoms. The SMILES string of the molecule is Ic1ccc2nnn(CCOC3CCC3)c2c1. The van der Waals surface area contributed by atoms with E-state index in [1.54, 1.807) is 0 Å². The quantitative estimate of drug-likeness (QED) is 0.802. The first-order valence-corrected chi connectivity index (χ1v) is 7.01. The lowest BCUT2D eigenvalue weighted by Crippen LogP contribution is -2.23. The lowest BCUT2D eigenvalue weighted by molar-refractivity contribution is -0.00212. The molecule has 1 aromatic heterocycles. The zero-order valence-corrected chi connectivity index (χ0v) is 11.6. The first kappa shape index (κ1) is 11.4. The van der Waals surface area contributed by atoms with Crippen LogP contribution in [0.2, 0.25) is 0 Å². The molecule has 0 spiro atoms. The summed E-state index contributed by atoms with van der Waals surface area (Å²) < 4.78 is 8.87. The van der Waals surface area contributed by atoms with Crippen molar-refractivity contribution in [3.05, 3.63) is 21.8 Å². The molecular weight excluding hydrogens is 329 g/mol. The van der Waals surface area contributed by atoms with Crippen molar-refractivity contribution in [1.82, 2.24) is 15.0 Å². The molecule has 1 aromatic carbocycles. The predicted molar refractivity (Wildman–Crippen MR) is 73.8 cm³/mol. The first-order chi connectivity index (χ1) is 8.33. The highest BCUT2D eigenvalue weighted by Gasteiger charge is 2.17. The van der Waals surface area contributed by atoms with Crippen LogP contribution in [-0.4, -0.2) is 27.7 Å². The lowest BCUT2D eigenvalue weighted by atomic mass is 9.96. The Balaban J connectivity index is 1.69. The number of hydrogen-bond donors (Lipinski definition) is 0. The summed E-state index contributed by atoms with van der Waals surface area (Å²) in [5.74, 6) is 0. The van der Waals surface area contributed by atoms with Crippen LogP contribution in [0.25, 0.3) is 11.0 Å². The van der Waals surface area contributed by atoms with Crippen molar-refractivity contribution in [2.45, 2.75) is 31.9 Å². The van der Waals surface area contributed by atoms with E-state index < -0.39 is 0 Å². The Morgan fingerprint density at radius 2 is 2.29 bits per heavy atom. The fourth-order valence-electron chi connectivity index (χ4n) is 1.95. The third-order valence-electron chi connectivity index (χ3n) is 3.18. The van der Waals surface area contributed by atoms with Crippen LogP contribution in [0, 0.1) is 3.57 Å². The normalized spacial score (nSPS) is 16.3. The maximum atomic E-state index is 5.74. The van der Waals surface area contributed by atoms with Crippen LogP contribution >= 0.6 is 22.6 Å². The van der Waals surface area contributed by atoms with Crippen LogP contribution < -0.4 is 0 Å². The molecule has 4 nitrogen and oxygen atoms in total. The van der Waals surface area contributed by atoms with Crippen molar-refractivity contribution < 1.29 is 4.74 Å². The van der Waals surface area contributed by atoms with Crippen molar-refractivity contribution in [2.24, 2.45) is 0 Å². The second-order valence-corrected chi connectivity index (χ2v) is 5.61. The number of nitrogens with zero attached hydrogens (tertiary/aromatic N) is 3.